The number of aliphatic hydroxyl groups is 1. The lowest BCUT2D eigenvalue weighted by Gasteiger charge is -2.43. The number of aromatic nitrogens is 1. The standard InChI is InChI=1S/C24H23F7N2O4S.C2HF3O2/c1-20(2,35)19(34)33-13-12-21(38(36,37)14-6-4-3-5-7-14)15-8-10-17(32-16(15)9-11-18(21)33)22(25,23(26,27)28)24(29,30)31;3-2(4,5)1(6)7/h3-8,10,18,35H,9,11-13H2,1-2H3;(H,6,7). The van der Waals surface area contributed by atoms with E-state index in [4.69, 9.17) is 9.90 Å². The fourth-order valence-corrected chi connectivity index (χ4v) is 7.79. The molecular formula is C26H24F10N2O6S. The Balaban J connectivity index is 0.000000707. The van der Waals surface area contributed by atoms with Crippen LogP contribution in [-0.2, 0) is 36.3 Å². The van der Waals surface area contributed by atoms with Crippen molar-refractivity contribution in [2.75, 3.05) is 6.54 Å². The quantitative estimate of drug-likeness (QED) is 0.436. The zero-order valence-electron chi connectivity index (χ0n) is 23.1. The van der Waals surface area contributed by atoms with E-state index in [2.05, 4.69) is 4.98 Å². The zero-order chi connectivity index (χ0) is 34.6. The van der Waals surface area contributed by atoms with E-state index in [0.29, 0.717) is 0 Å². The fourth-order valence-electron chi connectivity index (χ4n) is 5.42. The number of benzene rings is 1. The maximum absolute atomic E-state index is 14.8. The van der Waals surface area contributed by atoms with Crippen LogP contribution in [0, 0.1) is 0 Å². The first kappa shape index (κ1) is 36.0. The van der Waals surface area contributed by atoms with Crippen LogP contribution in [0.4, 0.5) is 43.9 Å². The Morgan fingerprint density at radius 2 is 1.42 bits per heavy atom. The Labute approximate surface area is 248 Å². The number of carboxylic acid groups (broad SMARTS) is 1. The van der Waals surface area contributed by atoms with Gasteiger partial charge in [-0.05, 0) is 56.9 Å². The molecule has 2 aliphatic rings. The van der Waals surface area contributed by atoms with Crippen LogP contribution in [0.1, 0.15) is 43.6 Å². The molecule has 1 aromatic carbocycles. The van der Waals surface area contributed by atoms with Crippen molar-refractivity contribution < 1.29 is 72.1 Å². The van der Waals surface area contributed by atoms with E-state index in [1.54, 1.807) is 6.07 Å². The minimum Gasteiger partial charge on any atom is -0.475 e. The first-order valence-corrected chi connectivity index (χ1v) is 14.2. The Morgan fingerprint density at radius 3 is 1.87 bits per heavy atom. The van der Waals surface area contributed by atoms with Crippen LogP contribution in [0.2, 0.25) is 0 Å². The first-order chi connectivity index (χ1) is 20.2. The molecule has 2 N–H and O–H groups in total. The number of carbonyl (C=O) groups excluding carboxylic acids is 1. The molecule has 45 heavy (non-hydrogen) atoms. The molecule has 1 fully saturated rings. The third-order valence-corrected chi connectivity index (χ3v) is 9.97. The molecule has 2 heterocycles. The SMILES string of the molecule is CC(C)(O)C(=O)N1CCC2(S(=O)(=O)c3ccccc3)c3ccc(C(F)(C(F)(F)F)C(F)(F)F)nc3CCC12.O=C(O)C(F)(F)F. The predicted octanol–water partition coefficient (Wildman–Crippen LogP) is 4.99. The molecule has 1 aromatic heterocycles. The minimum absolute atomic E-state index is 0.168. The number of rotatable bonds is 4. The molecule has 19 heteroatoms. The summed E-state index contributed by atoms with van der Waals surface area (Å²) in [6.07, 6.45) is -18.7. The predicted molar refractivity (Wildman–Crippen MR) is 133 cm³/mol. The number of fused-ring (bicyclic) bond motifs is 3. The summed E-state index contributed by atoms with van der Waals surface area (Å²) in [6.45, 7) is 2.25. The number of sulfone groups is 1. The number of pyridine rings is 1. The third kappa shape index (κ3) is 6.07. The Hall–Kier alpha value is -3.48. The van der Waals surface area contributed by atoms with E-state index in [9.17, 15) is 62.2 Å². The maximum Gasteiger partial charge on any atom is 0.490 e. The number of hydrogen-bond donors (Lipinski definition) is 2. The summed E-state index contributed by atoms with van der Waals surface area (Å²) in [7, 11) is -4.44. The highest BCUT2D eigenvalue weighted by Gasteiger charge is 2.75. The number of aryl methyl sites for hydroxylation is 1. The highest BCUT2D eigenvalue weighted by Crippen LogP contribution is 2.56. The molecule has 1 aliphatic carbocycles. The van der Waals surface area contributed by atoms with Gasteiger partial charge in [0.2, 0.25) is 0 Å². The lowest BCUT2D eigenvalue weighted by Crippen LogP contribution is -2.56. The molecule has 4 rings (SSSR count). The number of carboxylic acids is 1. The molecule has 2 aromatic rings. The second kappa shape index (κ2) is 11.4. The van der Waals surface area contributed by atoms with Gasteiger partial charge in [-0.2, -0.15) is 39.5 Å². The van der Waals surface area contributed by atoms with Crippen LogP contribution in [0.15, 0.2) is 47.4 Å². The largest absolute Gasteiger partial charge is 0.490 e. The molecule has 2 atom stereocenters. The van der Waals surface area contributed by atoms with Gasteiger partial charge in [0.1, 0.15) is 10.3 Å². The van der Waals surface area contributed by atoms with Crippen molar-refractivity contribution >= 4 is 21.7 Å². The molecule has 0 spiro atoms. The molecule has 250 valence electrons. The van der Waals surface area contributed by atoms with Gasteiger partial charge in [-0.3, -0.25) is 9.78 Å². The Bertz CT molecular complexity index is 1540. The number of aliphatic carboxylic acids is 1. The molecule has 8 nitrogen and oxygen atoms in total. The Morgan fingerprint density at radius 1 is 0.911 bits per heavy atom. The molecule has 0 radical (unpaired) electrons. The van der Waals surface area contributed by atoms with Crippen molar-refractivity contribution in [2.45, 2.75) is 78.6 Å². The monoisotopic (exact) mass is 682 g/mol. The van der Waals surface area contributed by atoms with Crippen molar-refractivity contribution in [1.82, 2.24) is 9.88 Å². The van der Waals surface area contributed by atoms with Crippen molar-refractivity contribution in [2.24, 2.45) is 0 Å². The van der Waals surface area contributed by atoms with E-state index < -0.39 is 73.7 Å². The van der Waals surface area contributed by atoms with Gasteiger partial charge in [0.05, 0.1) is 16.6 Å². The number of alkyl halides is 10. The van der Waals surface area contributed by atoms with Crippen molar-refractivity contribution in [1.29, 1.82) is 0 Å². The Kier molecular flexibility index (Phi) is 9.12. The molecule has 2 unspecified atom stereocenters. The summed E-state index contributed by atoms with van der Waals surface area (Å²) in [5.74, 6) is -3.55. The van der Waals surface area contributed by atoms with Crippen LogP contribution in [-0.4, -0.2) is 77.1 Å². The van der Waals surface area contributed by atoms with Gasteiger partial charge in [-0.1, -0.05) is 24.3 Å². The molecule has 0 bridgehead atoms. The summed E-state index contributed by atoms with van der Waals surface area (Å²) >= 11 is 0. The van der Waals surface area contributed by atoms with Gasteiger partial charge in [0.15, 0.2) is 9.84 Å². The molecule has 1 amide bonds. The number of halogens is 10. The van der Waals surface area contributed by atoms with Crippen LogP contribution in [0.25, 0.3) is 0 Å². The van der Waals surface area contributed by atoms with Gasteiger partial charge >= 0.3 is 30.2 Å². The number of amides is 1. The summed E-state index contributed by atoms with van der Waals surface area (Å²) < 4.78 is 153. The summed E-state index contributed by atoms with van der Waals surface area (Å²) in [4.78, 5) is 26.3. The fraction of sp³-hybridized carbons (Fsp3) is 0.500. The number of nitrogens with zero attached hydrogens (tertiary/aromatic N) is 2. The van der Waals surface area contributed by atoms with E-state index in [0.717, 1.165) is 6.07 Å². The second-order valence-electron chi connectivity index (χ2n) is 10.7. The van der Waals surface area contributed by atoms with Crippen molar-refractivity contribution in [3.05, 3.63) is 59.4 Å². The molecule has 0 saturated carbocycles. The molecule has 1 saturated heterocycles. The van der Waals surface area contributed by atoms with Gasteiger partial charge in [-0.15, -0.1) is 0 Å². The van der Waals surface area contributed by atoms with E-state index in [-0.39, 0.29) is 42.3 Å². The highest BCUT2D eigenvalue weighted by molar-refractivity contribution is 7.92. The third-order valence-electron chi connectivity index (χ3n) is 7.42. The normalized spacial score (nSPS) is 20.9. The van der Waals surface area contributed by atoms with Crippen LogP contribution in [0.3, 0.4) is 0 Å². The summed E-state index contributed by atoms with van der Waals surface area (Å²) in [5.41, 5.74) is -10.3. The number of hydrogen-bond acceptors (Lipinski definition) is 6. The maximum atomic E-state index is 14.8. The van der Waals surface area contributed by atoms with E-state index in [1.165, 1.54) is 43.0 Å². The molecule has 1 aliphatic heterocycles. The summed E-state index contributed by atoms with van der Waals surface area (Å²) in [6, 6.07) is 6.77. The van der Waals surface area contributed by atoms with Gasteiger partial charge in [0.25, 0.3) is 5.91 Å². The van der Waals surface area contributed by atoms with E-state index in [1.807, 2.05) is 0 Å². The smallest absolute Gasteiger partial charge is 0.475 e. The average Bonchev–Trinajstić information content (AvgIpc) is 3.32. The lowest BCUT2D eigenvalue weighted by atomic mass is 9.80. The summed E-state index contributed by atoms with van der Waals surface area (Å²) in [5, 5.41) is 17.4. The first-order valence-electron chi connectivity index (χ1n) is 12.7. The van der Waals surface area contributed by atoms with Crippen molar-refractivity contribution in [3.8, 4) is 0 Å². The molecular weight excluding hydrogens is 658 g/mol. The minimum atomic E-state index is -6.39. The van der Waals surface area contributed by atoms with Crippen LogP contribution < -0.4 is 0 Å². The van der Waals surface area contributed by atoms with E-state index >= 15 is 0 Å². The van der Waals surface area contributed by atoms with Gasteiger partial charge < -0.3 is 15.1 Å². The lowest BCUT2D eigenvalue weighted by molar-refractivity contribution is -0.350. The second-order valence-corrected chi connectivity index (χ2v) is 12.9. The van der Waals surface area contributed by atoms with Crippen LogP contribution in [0.5, 0.6) is 0 Å². The van der Waals surface area contributed by atoms with Gasteiger partial charge in [0, 0.05) is 12.2 Å². The highest BCUT2D eigenvalue weighted by atomic mass is 32.2. The topological polar surface area (TPSA) is 125 Å². The zero-order valence-corrected chi connectivity index (χ0v) is 23.9. The van der Waals surface area contributed by atoms with Gasteiger partial charge in [-0.25, -0.2) is 17.6 Å². The van der Waals surface area contributed by atoms with Crippen molar-refractivity contribution in [3.63, 3.8) is 0 Å². The number of likely N-dealkylation sites (tertiary alicyclic amines) is 1. The average molecular weight is 683 g/mol. The van der Waals surface area contributed by atoms with Crippen LogP contribution >= 0.6 is 0 Å². The number of carbonyl (C=O) groups is 2.